The Hall–Kier alpha value is -2.55. The lowest BCUT2D eigenvalue weighted by molar-refractivity contribution is 0.0606. The maximum atomic E-state index is 12.6. The number of piperazine rings is 1. The molecule has 0 saturated carbocycles. The number of benzene rings is 2. The van der Waals surface area contributed by atoms with Crippen LogP contribution in [0.4, 0.5) is 0 Å². The number of methoxy groups -OCH3 is 1. The topological polar surface area (TPSA) is 56.6 Å². The van der Waals surface area contributed by atoms with Gasteiger partial charge in [0, 0.05) is 36.8 Å². The molecule has 1 unspecified atom stereocenters. The molecule has 6 heteroatoms. The van der Waals surface area contributed by atoms with Crippen LogP contribution in [0.15, 0.2) is 48.5 Å². The van der Waals surface area contributed by atoms with Crippen molar-refractivity contribution in [3.63, 3.8) is 0 Å². The Balaban J connectivity index is 1.64. The van der Waals surface area contributed by atoms with Gasteiger partial charge in [0.15, 0.2) is 0 Å². The molecule has 0 spiro atoms. The van der Waals surface area contributed by atoms with Crippen LogP contribution in [0.3, 0.4) is 0 Å². The fraction of sp³-hybridized carbons (Fsp3) is 0.300. The van der Waals surface area contributed by atoms with E-state index in [0.29, 0.717) is 36.8 Å². The first-order valence-electron chi connectivity index (χ1n) is 8.45. The highest BCUT2D eigenvalue weighted by Gasteiger charge is 2.27. The first-order chi connectivity index (χ1) is 12.6. The van der Waals surface area contributed by atoms with E-state index in [-0.39, 0.29) is 11.9 Å². The van der Waals surface area contributed by atoms with E-state index in [9.17, 15) is 10.1 Å². The summed E-state index contributed by atoms with van der Waals surface area (Å²) in [5, 5.41) is 10.2. The highest BCUT2D eigenvalue weighted by Crippen LogP contribution is 2.24. The van der Waals surface area contributed by atoms with Crippen molar-refractivity contribution in [2.24, 2.45) is 0 Å². The molecule has 0 radical (unpaired) electrons. The van der Waals surface area contributed by atoms with E-state index in [2.05, 4.69) is 11.0 Å². The number of halogens is 1. The van der Waals surface area contributed by atoms with Crippen LogP contribution < -0.4 is 4.74 Å². The molecular formula is C20H20ClN3O2. The lowest BCUT2D eigenvalue weighted by Gasteiger charge is -2.37. The second kappa shape index (κ2) is 8.22. The largest absolute Gasteiger partial charge is 0.497 e. The van der Waals surface area contributed by atoms with E-state index in [4.69, 9.17) is 16.3 Å². The van der Waals surface area contributed by atoms with E-state index < -0.39 is 0 Å². The summed E-state index contributed by atoms with van der Waals surface area (Å²) < 4.78 is 5.13. The number of ether oxygens (including phenoxy) is 1. The molecule has 0 aliphatic carbocycles. The molecule has 0 aromatic heterocycles. The summed E-state index contributed by atoms with van der Waals surface area (Å²) in [6, 6.07) is 16.5. The van der Waals surface area contributed by atoms with Gasteiger partial charge in [0.25, 0.3) is 5.91 Å². The molecule has 1 aliphatic heterocycles. The zero-order valence-corrected chi connectivity index (χ0v) is 15.3. The van der Waals surface area contributed by atoms with Gasteiger partial charge in [-0.1, -0.05) is 23.7 Å². The number of hydrogen-bond donors (Lipinski definition) is 0. The monoisotopic (exact) mass is 369 g/mol. The zero-order chi connectivity index (χ0) is 18.5. The van der Waals surface area contributed by atoms with Gasteiger partial charge in [0.05, 0.1) is 13.2 Å². The minimum absolute atomic E-state index is 0.00330. The maximum absolute atomic E-state index is 12.6. The fourth-order valence-corrected chi connectivity index (χ4v) is 3.34. The number of nitrogens with zero attached hydrogens (tertiary/aromatic N) is 3. The van der Waals surface area contributed by atoms with Crippen LogP contribution >= 0.6 is 11.6 Å². The first-order valence-corrected chi connectivity index (χ1v) is 8.82. The van der Waals surface area contributed by atoms with E-state index in [0.717, 1.165) is 11.3 Å². The molecular weight excluding hydrogens is 350 g/mol. The Morgan fingerprint density at radius 1 is 1.15 bits per heavy atom. The Kier molecular flexibility index (Phi) is 5.77. The van der Waals surface area contributed by atoms with Crippen LogP contribution in [0.25, 0.3) is 0 Å². The molecule has 2 aromatic rings. The molecule has 1 saturated heterocycles. The molecule has 0 bridgehead atoms. The van der Waals surface area contributed by atoms with E-state index in [1.807, 2.05) is 23.1 Å². The molecule has 3 rings (SSSR count). The highest BCUT2D eigenvalue weighted by atomic mass is 35.5. The summed E-state index contributed by atoms with van der Waals surface area (Å²) in [4.78, 5) is 16.6. The number of hydrogen-bond acceptors (Lipinski definition) is 4. The van der Waals surface area contributed by atoms with Crippen molar-refractivity contribution < 1.29 is 9.53 Å². The van der Waals surface area contributed by atoms with Gasteiger partial charge in [0.2, 0.25) is 0 Å². The molecule has 2 aromatic carbocycles. The van der Waals surface area contributed by atoms with Crippen LogP contribution in [0, 0.1) is 11.3 Å². The van der Waals surface area contributed by atoms with Crippen molar-refractivity contribution in [1.29, 1.82) is 5.26 Å². The summed E-state index contributed by atoms with van der Waals surface area (Å²) in [6.07, 6.45) is 0. The molecule has 1 heterocycles. The van der Waals surface area contributed by atoms with Crippen LogP contribution in [0.2, 0.25) is 5.02 Å². The first kappa shape index (κ1) is 18.2. The number of carbonyl (C=O) groups excluding carboxylic acids is 1. The summed E-state index contributed by atoms with van der Waals surface area (Å²) in [6.45, 7) is 2.46. The molecule has 1 amide bonds. The quantitative estimate of drug-likeness (QED) is 0.829. The van der Waals surface area contributed by atoms with Crippen LogP contribution in [0.5, 0.6) is 5.75 Å². The minimum Gasteiger partial charge on any atom is -0.497 e. The third-order valence-corrected chi connectivity index (χ3v) is 4.83. The van der Waals surface area contributed by atoms with Crippen molar-refractivity contribution in [3.05, 3.63) is 64.7 Å². The van der Waals surface area contributed by atoms with Crippen molar-refractivity contribution >= 4 is 17.5 Å². The van der Waals surface area contributed by atoms with E-state index in [1.165, 1.54) is 0 Å². The second-order valence-corrected chi connectivity index (χ2v) is 6.58. The van der Waals surface area contributed by atoms with Gasteiger partial charge < -0.3 is 9.64 Å². The smallest absolute Gasteiger partial charge is 0.253 e. The Morgan fingerprint density at radius 2 is 1.85 bits per heavy atom. The van der Waals surface area contributed by atoms with Crippen LogP contribution in [-0.2, 0) is 0 Å². The maximum Gasteiger partial charge on any atom is 0.253 e. The average molecular weight is 370 g/mol. The van der Waals surface area contributed by atoms with Gasteiger partial charge in [0.1, 0.15) is 11.8 Å². The minimum atomic E-state index is -0.355. The lowest BCUT2D eigenvalue weighted by Crippen LogP contribution is -2.49. The summed E-state index contributed by atoms with van der Waals surface area (Å²) >= 11 is 6.05. The molecule has 26 heavy (non-hydrogen) atoms. The predicted molar refractivity (Wildman–Crippen MR) is 100 cm³/mol. The van der Waals surface area contributed by atoms with E-state index in [1.54, 1.807) is 37.4 Å². The standard InChI is InChI=1S/C20H20ClN3O2/c1-26-18-7-5-15(6-8-18)20(25)24-11-9-23(10-12-24)19(14-22)16-3-2-4-17(21)13-16/h2-8,13,19H,9-12H2,1H3. The van der Waals surface area contributed by atoms with Crippen molar-refractivity contribution in [1.82, 2.24) is 9.80 Å². The fourth-order valence-electron chi connectivity index (χ4n) is 3.14. The van der Waals surface area contributed by atoms with Gasteiger partial charge in [-0.3, -0.25) is 9.69 Å². The van der Waals surface area contributed by atoms with Crippen molar-refractivity contribution in [2.75, 3.05) is 33.3 Å². The number of rotatable bonds is 4. The van der Waals surface area contributed by atoms with Crippen LogP contribution in [-0.4, -0.2) is 49.0 Å². The van der Waals surface area contributed by atoms with Crippen molar-refractivity contribution in [3.8, 4) is 11.8 Å². The molecule has 1 aliphatic rings. The lowest BCUT2D eigenvalue weighted by atomic mass is 10.1. The second-order valence-electron chi connectivity index (χ2n) is 6.14. The van der Waals surface area contributed by atoms with Gasteiger partial charge in [-0.2, -0.15) is 5.26 Å². The number of amides is 1. The summed E-state index contributed by atoms with van der Waals surface area (Å²) in [5.41, 5.74) is 1.53. The Labute approximate surface area is 158 Å². The third-order valence-electron chi connectivity index (χ3n) is 4.59. The number of carbonyl (C=O) groups is 1. The zero-order valence-electron chi connectivity index (χ0n) is 14.6. The SMILES string of the molecule is COc1ccc(C(=O)N2CCN(C(C#N)c3cccc(Cl)c3)CC2)cc1. The van der Waals surface area contributed by atoms with E-state index >= 15 is 0 Å². The van der Waals surface area contributed by atoms with Gasteiger partial charge in [-0.25, -0.2) is 0 Å². The predicted octanol–water partition coefficient (Wildman–Crippen LogP) is 3.37. The molecule has 134 valence electrons. The van der Waals surface area contributed by atoms with Crippen molar-refractivity contribution in [2.45, 2.75) is 6.04 Å². The third kappa shape index (κ3) is 3.98. The Morgan fingerprint density at radius 3 is 2.42 bits per heavy atom. The normalized spacial score (nSPS) is 16.0. The van der Waals surface area contributed by atoms with Crippen LogP contribution in [0.1, 0.15) is 22.0 Å². The summed E-state index contributed by atoms with van der Waals surface area (Å²) in [7, 11) is 1.60. The molecule has 1 fully saturated rings. The van der Waals surface area contributed by atoms with Gasteiger partial charge in [-0.05, 0) is 42.0 Å². The average Bonchev–Trinajstić information content (AvgIpc) is 2.69. The Bertz CT molecular complexity index is 809. The molecule has 5 nitrogen and oxygen atoms in total. The van der Waals surface area contributed by atoms with Gasteiger partial charge >= 0.3 is 0 Å². The highest BCUT2D eigenvalue weighted by molar-refractivity contribution is 6.30. The molecule has 0 N–H and O–H groups in total. The van der Waals surface area contributed by atoms with Gasteiger partial charge in [-0.15, -0.1) is 0 Å². The number of nitriles is 1. The molecule has 1 atom stereocenters. The summed E-state index contributed by atoms with van der Waals surface area (Å²) in [5.74, 6) is 0.730.